The molecule has 1 aromatic rings. The van der Waals surface area contributed by atoms with Gasteiger partial charge in [-0.3, -0.25) is 4.90 Å². The highest BCUT2D eigenvalue weighted by molar-refractivity contribution is 7.91. The molecular formula is C18H22N2O5S. The molecule has 2 aliphatic heterocycles. The fraction of sp³-hybridized carbons (Fsp3) is 0.444. The summed E-state index contributed by atoms with van der Waals surface area (Å²) in [6.07, 6.45) is 0.360. The van der Waals surface area contributed by atoms with E-state index in [2.05, 4.69) is 5.32 Å². The topological polar surface area (TPSA) is 92.8 Å². The van der Waals surface area contributed by atoms with E-state index in [1.54, 1.807) is 13.8 Å². The van der Waals surface area contributed by atoms with E-state index in [9.17, 15) is 18.0 Å². The Labute approximate surface area is 152 Å². The van der Waals surface area contributed by atoms with Crippen LogP contribution in [0.25, 0.3) is 0 Å². The van der Waals surface area contributed by atoms with Gasteiger partial charge >= 0.3 is 12.0 Å². The van der Waals surface area contributed by atoms with E-state index in [1.807, 2.05) is 30.3 Å². The number of carbonyl (C=O) groups excluding carboxylic acids is 2. The molecule has 2 aliphatic rings. The Morgan fingerprint density at radius 3 is 2.58 bits per heavy atom. The molecule has 2 atom stereocenters. The van der Waals surface area contributed by atoms with Gasteiger partial charge in [0.1, 0.15) is 0 Å². The van der Waals surface area contributed by atoms with Crippen molar-refractivity contribution in [3.63, 3.8) is 0 Å². The van der Waals surface area contributed by atoms with Crippen LogP contribution in [0.4, 0.5) is 4.79 Å². The number of nitrogens with one attached hydrogen (secondary N) is 1. The first-order valence-electron chi connectivity index (χ1n) is 8.57. The molecule has 0 radical (unpaired) electrons. The largest absolute Gasteiger partial charge is 0.463 e. The molecule has 1 aromatic carbocycles. The Morgan fingerprint density at radius 2 is 2.00 bits per heavy atom. The minimum absolute atomic E-state index is 0.0472. The van der Waals surface area contributed by atoms with Crippen LogP contribution in [0.5, 0.6) is 0 Å². The molecule has 0 aromatic heterocycles. The Hall–Kier alpha value is -2.35. The zero-order valence-corrected chi connectivity index (χ0v) is 15.6. The van der Waals surface area contributed by atoms with Gasteiger partial charge in [0, 0.05) is 5.70 Å². The van der Waals surface area contributed by atoms with Crippen LogP contribution in [-0.4, -0.2) is 49.5 Å². The van der Waals surface area contributed by atoms with Gasteiger partial charge in [0.2, 0.25) is 0 Å². The van der Waals surface area contributed by atoms with E-state index in [1.165, 1.54) is 4.90 Å². The summed E-state index contributed by atoms with van der Waals surface area (Å²) >= 11 is 0. The molecule has 0 spiro atoms. The van der Waals surface area contributed by atoms with Crippen molar-refractivity contribution >= 4 is 21.8 Å². The van der Waals surface area contributed by atoms with Crippen molar-refractivity contribution in [1.29, 1.82) is 0 Å². The third-order valence-electron chi connectivity index (χ3n) is 4.73. The third-order valence-corrected chi connectivity index (χ3v) is 6.48. The van der Waals surface area contributed by atoms with Gasteiger partial charge in [-0.15, -0.1) is 0 Å². The molecule has 1 fully saturated rings. The quantitative estimate of drug-likeness (QED) is 0.806. The van der Waals surface area contributed by atoms with Gasteiger partial charge in [-0.05, 0) is 25.8 Å². The van der Waals surface area contributed by atoms with Crippen LogP contribution in [0.15, 0.2) is 41.6 Å². The molecule has 140 valence electrons. The Morgan fingerprint density at radius 1 is 1.31 bits per heavy atom. The smallest absolute Gasteiger partial charge is 0.338 e. The first kappa shape index (κ1) is 18.4. The molecule has 2 amide bonds. The lowest BCUT2D eigenvalue weighted by Crippen LogP contribution is -2.52. The number of amides is 2. The number of nitrogens with zero attached hydrogens (tertiary/aromatic N) is 1. The van der Waals surface area contributed by atoms with Crippen molar-refractivity contribution in [3.05, 3.63) is 47.2 Å². The molecule has 7 nitrogen and oxygen atoms in total. The van der Waals surface area contributed by atoms with Crippen LogP contribution in [0.3, 0.4) is 0 Å². The summed E-state index contributed by atoms with van der Waals surface area (Å²) in [6, 6.07) is 7.67. The van der Waals surface area contributed by atoms with E-state index in [0.29, 0.717) is 17.7 Å². The van der Waals surface area contributed by atoms with Crippen molar-refractivity contribution in [1.82, 2.24) is 10.2 Å². The van der Waals surface area contributed by atoms with Crippen LogP contribution in [0.2, 0.25) is 0 Å². The lowest BCUT2D eigenvalue weighted by Gasteiger charge is -2.38. The number of ether oxygens (including phenoxy) is 1. The van der Waals surface area contributed by atoms with Gasteiger partial charge in [0.05, 0.1) is 35.8 Å². The molecule has 0 bridgehead atoms. The monoisotopic (exact) mass is 378 g/mol. The zero-order valence-electron chi connectivity index (χ0n) is 14.8. The average molecular weight is 378 g/mol. The first-order valence-corrected chi connectivity index (χ1v) is 10.4. The standard InChI is InChI=1S/C18H22N2O5S/c1-3-25-17(21)15-12(2)20(14-9-10-26(23,24)11-14)18(22)19-16(15)13-7-5-4-6-8-13/h4-8,14,16H,3,9-11H2,1-2H3,(H,19,22)/t14-,16+/m1/s1. The summed E-state index contributed by atoms with van der Waals surface area (Å²) < 4.78 is 28.9. The molecule has 1 N–H and O–H groups in total. The lowest BCUT2D eigenvalue weighted by atomic mass is 9.94. The van der Waals surface area contributed by atoms with Crippen LogP contribution in [0, 0.1) is 0 Å². The molecular weight excluding hydrogens is 356 g/mol. The molecule has 0 saturated carbocycles. The van der Waals surface area contributed by atoms with Gasteiger partial charge in [-0.25, -0.2) is 18.0 Å². The number of hydrogen-bond donors (Lipinski definition) is 1. The number of rotatable bonds is 4. The van der Waals surface area contributed by atoms with Crippen molar-refractivity contribution < 1.29 is 22.7 Å². The number of allylic oxidation sites excluding steroid dienone is 1. The highest BCUT2D eigenvalue weighted by Crippen LogP contribution is 2.34. The highest BCUT2D eigenvalue weighted by atomic mass is 32.2. The van der Waals surface area contributed by atoms with Crippen molar-refractivity contribution in [2.45, 2.75) is 32.4 Å². The molecule has 0 aliphatic carbocycles. The lowest BCUT2D eigenvalue weighted by molar-refractivity contribution is -0.139. The van der Waals surface area contributed by atoms with E-state index in [4.69, 9.17) is 4.74 Å². The number of esters is 1. The maximum absolute atomic E-state index is 12.7. The second kappa shape index (κ2) is 7.11. The van der Waals surface area contributed by atoms with Crippen molar-refractivity contribution in [2.24, 2.45) is 0 Å². The summed E-state index contributed by atoms with van der Waals surface area (Å²) in [5.74, 6) is -0.556. The fourth-order valence-electron chi connectivity index (χ4n) is 3.54. The molecule has 1 saturated heterocycles. The van der Waals surface area contributed by atoms with Crippen LogP contribution in [-0.2, 0) is 19.4 Å². The predicted molar refractivity (Wildman–Crippen MR) is 95.9 cm³/mol. The Balaban J connectivity index is 2.05. The maximum atomic E-state index is 12.7. The SMILES string of the molecule is CCOC(=O)C1=C(C)N([C@@H]2CCS(=O)(=O)C2)C(=O)N[C@H]1c1ccccc1. The Bertz CT molecular complexity index is 848. The Kier molecular flexibility index (Phi) is 5.04. The maximum Gasteiger partial charge on any atom is 0.338 e. The van der Waals surface area contributed by atoms with Gasteiger partial charge in [0.25, 0.3) is 0 Å². The number of benzene rings is 1. The summed E-state index contributed by atoms with van der Waals surface area (Å²) in [4.78, 5) is 26.8. The summed E-state index contributed by atoms with van der Waals surface area (Å²) in [7, 11) is -3.17. The van der Waals surface area contributed by atoms with Gasteiger partial charge in [0.15, 0.2) is 9.84 Å². The normalized spacial score (nSPS) is 25.2. The second-order valence-corrected chi connectivity index (χ2v) is 8.67. The number of urea groups is 1. The minimum atomic E-state index is -3.17. The highest BCUT2D eigenvalue weighted by Gasteiger charge is 2.42. The summed E-state index contributed by atoms with van der Waals surface area (Å²) in [5, 5.41) is 2.84. The van der Waals surface area contributed by atoms with Gasteiger partial charge in [-0.2, -0.15) is 0 Å². The molecule has 8 heteroatoms. The minimum Gasteiger partial charge on any atom is -0.463 e. The van der Waals surface area contributed by atoms with Crippen LogP contribution >= 0.6 is 0 Å². The van der Waals surface area contributed by atoms with E-state index >= 15 is 0 Å². The zero-order chi connectivity index (χ0) is 18.9. The van der Waals surface area contributed by atoms with E-state index in [-0.39, 0.29) is 18.1 Å². The molecule has 3 rings (SSSR count). The fourth-order valence-corrected chi connectivity index (χ4v) is 5.24. The van der Waals surface area contributed by atoms with Crippen LogP contribution < -0.4 is 5.32 Å². The van der Waals surface area contributed by atoms with Gasteiger partial charge < -0.3 is 10.1 Å². The van der Waals surface area contributed by atoms with Crippen molar-refractivity contribution in [2.75, 3.05) is 18.1 Å². The van der Waals surface area contributed by atoms with Gasteiger partial charge in [-0.1, -0.05) is 30.3 Å². The third kappa shape index (κ3) is 3.46. The summed E-state index contributed by atoms with van der Waals surface area (Å²) in [6.45, 7) is 3.60. The van der Waals surface area contributed by atoms with E-state index in [0.717, 1.165) is 5.56 Å². The predicted octanol–water partition coefficient (Wildman–Crippen LogP) is 1.78. The molecule has 0 unspecified atom stereocenters. The number of carbonyl (C=O) groups is 2. The van der Waals surface area contributed by atoms with Crippen molar-refractivity contribution in [3.8, 4) is 0 Å². The average Bonchev–Trinajstić information content (AvgIpc) is 2.94. The molecule has 26 heavy (non-hydrogen) atoms. The number of sulfone groups is 1. The van der Waals surface area contributed by atoms with Crippen LogP contribution in [0.1, 0.15) is 31.9 Å². The molecule has 2 heterocycles. The summed E-state index contributed by atoms with van der Waals surface area (Å²) in [5.41, 5.74) is 1.55. The second-order valence-electron chi connectivity index (χ2n) is 6.44. The van der Waals surface area contributed by atoms with E-state index < -0.39 is 33.9 Å². The number of hydrogen-bond acceptors (Lipinski definition) is 5. The first-order chi connectivity index (χ1) is 12.3.